The monoisotopic (exact) mass is 392 g/mol. The second-order valence-electron chi connectivity index (χ2n) is 4.59. The van der Waals surface area contributed by atoms with Gasteiger partial charge in [0.1, 0.15) is 24.3 Å². The molecule has 0 unspecified atom stereocenters. The average Bonchev–Trinajstić information content (AvgIpc) is 2.69. The van der Waals surface area contributed by atoms with Crippen molar-refractivity contribution in [3.8, 4) is 5.75 Å². The van der Waals surface area contributed by atoms with Crippen molar-refractivity contribution in [3.63, 3.8) is 0 Å². The van der Waals surface area contributed by atoms with Crippen molar-refractivity contribution < 1.29 is 19.1 Å². The maximum atomic E-state index is 10.8. The molecule has 2 rings (SSSR count). The Balaban J connectivity index is 2.08. The minimum atomic E-state index is -0.694. The largest absolute Gasteiger partial charge is 0.484 e. The van der Waals surface area contributed by atoms with Crippen LogP contribution in [0.4, 0.5) is 11.4 Å². The Hall–Kier alpha value is -1.71. The molecular weight excluding hydrogens is 379 g/mol. The molecule has 108 valence electrons. The summed E-state index contributed by atoms with van der Waals surface area (Å²) in [5, 5.41) is 10.8. The van der Waals surface area contributed by atoms with Crippen molar-refractivity contribution in [1.82, 2.24) is 0 Å². The fraction of sp³-hybridized carbons (Fsp3) is 0.333. The predicted molar refractivity (Wildman–Crippen MR) is 80.1 cm³/mol. The van der Waals surface area contributed by atoms with Crippen LogP contribution < -0.4 is 10.5 Å². The van der Waals surface area contributed by atoms with Gasteiger partial charge in [0.15, 0.2) is 5.76 Å². The van der Waals surface area contributed by atoms with E-state index in [-0.39, 0.29) is 18.0 Å². The number of anilines is 1. The van der Waals surface area contributed by atoms with Gasteiger partial charge in [0.25, 0.3) is 5.69 Å². The number of nitro benzene ring substituents is 1. The Morgan fingerprint density at radius 2 is 2.20 bits per heavy atom. The molecule has 2 N–H and O–H groups in total. The number of hydrogen-bond acceptors (Lipinski definition) is 6. The first-order chi connectivity index (χ1) is 9.28. The van der Waals surface area contributed by atoms with E-state index in [0.717, 1.165) is 0 Å². The molecule has 7 nitrogen and oxygen atoms in total. The molecule has 1 aromatic rings. The Labute approximate surface area is 129 Å². The van der Waals surface area contributed by atoms with Crippen LogP contribution in [0.1, 0.15) is 13.8 Å². The first-order valence-corrected chi connectivity index (χ1v) is 6.78. The van der Waals surface area contributed by atoms with E-state index < -0.39 is 10.7 Å². The zero-order valence-corrected chi connectivity index (χ0v) is 13.0. The van der Waals surface area contributed by atoms with Gasteiger partial charge in [-0.05, 0) is 22.6 Å². The lowest BCUT2D eigenvalue weighted by Gasteiger charge is -2.18. The molecule has 0 spiro atoms. The highest BCUT2D eigenvalue weighted by atomic mass is 127. The molecule has 0 saturated heterocycles. The van der Waals surface area contributed by atoms with E-state index in [1.165, 1.54) is 18.4 Å². The van der Waals surface area contributed by atoms with Crippen LogP contribution in [0.5, 0.6) is 5.75 Å². The summed E-state index contributed by atoms with van der Waals surface area (Å²) < 4.78 is 16.9. The molecule has 1 aliphatic rings. The molecule has 1 heterocycles. The van der Waals surface area contributed by atoms with Gasteiger partial charge in [-0.1, -0.05) is 0 Å². The van der Waals surface area contributed by atoms with Gasteiger partial charge in [-0.3, -0.25) is 10.1 Å². The van der Waals surface area contributed by atoms with Gasteiger partial charge in [0.2, 0.25) is 5.79 Å². The van der Waals surface area contributed by atoms with Crippen LogP contribution in [0.2, 0.25) is 0 Å². The number of nitro groups is 1. The maximum Gasteiger partial charge on any atom is 0.293 e. The fourth-order valence-electron chi connectivity index (χ4n) is 1.61. The topological polar surface area (TPSA) is 96.9 Å². The van der Waals surface area contributed by atoms with Gasteiger partial charge in [-0.15, -0.1) is 0 Å². The summed E-state index contributed by atoms with van der Waals surface area (Å²) in [4.78, 5) is 10.2. The third-order valence-corrected chi connectivity index (χ3v) is 3.34. The number of nitrogens with zero attached hydrogens (tertiary/aromatic N) is 1. The van der Waals surface area contributed by atoms with E-state index in [2.05, 4.69) is 0 Å². The van der Waals surface area contributed by atoms with Crippen molar-refractivity contribution in [2.75, 3.05) is 12.3 Å². The number of ether oxygens (including phenoxy) is 3. The molecule has 0 aliphatic carbocycles. The Kier molecular flexibility index (Phi) is 3.93. The molecule has 8 heteroatoms. The summed E-state index contributed by atoms with van der Waals surface area (Å²) in [7, 11) is 0. The minimum absolute atomic E-state index is 0.0586. The second kappa shape index (κ2) is 5.35. The van der Waals surface area contributed by atoms with E-state index in [9.17, 15) is 10.1 Å². The molecule has 0 aromatic heterocycles. The van der Waals surface area contributed by atoms with E-state index in [4.69, 9.17) is 19.9 Å². The smallest absolute Gasteiger partial charge is 0.293 e. The lowest BCUT2D eigenvalue weighted by atomic mass is 10.2. The highest BCUT2D eigenvalue weighted by Gasteiger charge is 2.28. The first kappa shape index (κ1) is 14.7. The number of nitrogen functional groups attached to an aromatic ring is 1. The van der Waals surface area contributed by atoms with Gasteiger partial charge in [0, 0.05) is 26.0 Å². The van der Waals surface area contributed by atoms with Crippen molar-refractivity contribution in [1.29, 1.82) is 0 Å². The Bertz CT molecular complexity index is 585. The third kappa shape index (κ3) is 3.24. The molecule has 0 bridgehead atoms. The lowest BCUT2D eigenvalue weighted by molar-refractivity contribution is -0.384. The summed E-state index contributed by atoms with van der Waals surface area (Å²) in [6, 6.07) is 2.80. The molecule has 0 radical (unpaired) electrons. The van der Waals surface area contributed by atoms with E-state index in [1.807, 2.05) is 22.6 Å². The van der Waals surface area contributed by atoms with Crippen LogP contribution in [0.3, 0.4) is 0 Å². The molecule has 20 heavy (non-hydrogen) atoms. The van der Waals surface area contributed by atoms with Crippen molar-refractivity contribution in [2.24, 2.45) is 0 Å². The van der Waals surface area contributed by atoms with Gasteiger partial charge in [-0.2, -0.15) is 0 Å². The van der Waals surface area contributed by atoms with Crippen LogP contribution in [0, 0.1) is 13.7 Å². The summed E-state index contributed by atoms with van der Waals surface area (Å²) in [6.07, 6.45) is 1.49. The van der Waals surface area contributed by atoms with Crippen molar-refractivity contribution >= 4 is 34.0 Å². The van der Waals surface area contributed by atoms with Crippen LogP contribution in [0.15, 0.2) is 24.2 Å². The van der Waals surface area contributed by atoms with E-state index in [0.29, 0.717) is 15.1 Å². The van der Waals surface area contributed by atoms with Crippen molar-refractivity contribution in [3.05, 3.63) is 37.8 Å². The number of nitrogens with two attached hydrogens (primary N) is 1. The number of halogens is 1. The molecule has 1 aliphatic heterocycles. The summed E-state index contributed by atoms with van der Waals surface area (Å²) in [5.41, 5.74) is 5.54. The van der Waals surface area contributed by atoms with Gasteiger partial charge in [-0.25, -0.2) is 0 Å². The SMILES string of the molecule is CC1(C)OC=C(COc2cc(N)c([N+](=O)[O-])cc2I)O1. The molecule has 0 saturated carbocycles. The second-order valence-corrected chi connectivity index (χ2v) is 5.75. The predicted octanol–water partition coefficient (Wildman–Crippen LogP) is 2.78. The summed E-state index contributed by atoms with van der Waals surface area (Å²) in [6.45, 7) is 3.73. The number of hydrogen-bond donors (Lipinski definition) is 1. The number of benzene rings is 1. The minimum Gasteiger partial charge on any atom is -0.484 e. The van der Waals surface area contributed by atoms with Gasteiger partial charge in [0.05, 0.1) is 8.49 Å². The lowest BCUT2D eigenvalue weighted by Crippen LogP contribution is -2.21. The van der Waals surface area contributed by atoms with E-state index >= 15 is 0 Å². The van der Waals surface area contributed by atoms with Crippen LogP contribution in [0.25, 0.3) is 0 Å². The zero-order chi connectivity index (χ0) is 14.9. The molecular formula is C12H13IN2O5. The highest BCUT2D eigenvalue weighted by molar-refractivity contribution is 14.1. The average molecular weight is 392 g/mol. The maximum absolute atomic E-state index is 10.8. The normalized spacial score (nSPS) is 16.1. The Morgan fingerprint density at radius 1 is 1.50 bits per heavy atom. The quantitative estimate of drug-likeness (QED) is 0.366. The number of rotatable bonds is 4. The van der Waals surface area contributed by atoms with Gasteiger partial charge < -0.3 is 19.9 Å². The molecule has 1 aromatic carbocycles. The molecule has 0 fully saturated rings. The van der Waals surface area contributed by atoms with Crippen LogP contribution in [-0.4, -0.2) is 17.3 Å². The third-order valence-electron chi connectivity index (χ3n) is 2.50. The fourth-order valence-corrected chi connectivity index (χ4v) is 2.22. The highest BCUT2D eigenvalue weighted by Crippen LogP contribution is 2.32. The Morgan fingerprint density at radius 3 is 2.75 bits per heavy atom. The van der Waals surface area contributed by atoms with Crippen LogP contribution in [-0.2, 0) is 9.47 Å². The van der Waals surface area contributed by atoms with Gasteiger partial charge >= 0.3 is 0 Å². The molecule has 0 amide bonds. The van der Waals surface area contributed by atoms with E-state index in [1.54, 1.807) is 13.8 Å². The molecule has 0 atom stereocenters. The zero-order valence-electron chi connectivity index (χ0n) is 10.9. The summed E-state index contributed by atoms with van der Waals surface area (Å²) >= 11 is 1.95. The van der Waals surface area contributed by atoms with Crippen molar-refractivity contribution in [2.45, 2.75) is 19.6 Å². The first-order valence-electron chi connectivity index (χ1n) is 5.70. The van der Waals surface area contributed by atoms with Crippen LogP contribution >= 0.6 is 22.6 Å². The summed E-state index contributed by atoms with van der Waals surface area (Å²) in [5.74, 6) is 0.311. The standard InChI is InChI=1S/C12H13IN2O5/c1-12(2)19-6-7(20-12)5-18-11-4-9(14)10(15(16)17)3-8(11)13/h3-4,6H,5,14H2,1-2H3.